The van der Waals surface area contributed by atoms with E-state index in [1.165, 1.54) is 0 Å². The van der Waals surface area contributed by atoms with Crippen LogP contribution in [0.25, 0.3) is 0 Å². The van der Waals surface area contributed by atoms with E-state index in [1.807, 2.05) is 30.3 Å². The second-order valence-electron chi connectivity index (χ2n) is 11.3. The van der Waals surface area contributed by atoms with Gasteiger partial charge in [0.15, 0.2) is 0 Å². The van der Waals surface area contributed by atoms with Gasteiger partial charge in [0, 0.05) is 36.5 Å². The summed E-state index contributed by atoms with van der Waals surface area (Å²) in [5.41, 5.74) is 3.43. The van der Waals surface area contributed by atoms with E-state index in [0.29, 0.717) is 51.3 Å². The molecular weight excluding hydrogens is 518 g/mol. The molecule has 3 heterocycles. The third-order valence-electron chi connectivity index (χ3n) is 8.03. The molecule has 3 aliphatic rings. The van der Waals surface area contributed by atoms with E-state index < -0.39 is 23.3 Å². The van der Waals surface area contributed by atoms with Gasteiger partial charge in [0.25, 0.3) is 5.79 Å². The normalized spacial score (nSPS) is 23.3. The van der Waals surface area contributed by atoms with Crippen LogP contribution in [-0.4, -0.2) is 102 Å². The van der Waals surface area contributed by atoms with Gasteiger partial charge in [-0.2, -0.15) is 0 Å². The fourth-order valence-corrected chi connectivity index (χ4v) is 5.65. The average molecular weight is 554 g/mol. The molecule has 1 unspecified atom stereocenters. The van der Waals surface area contributed by atoms with Crippen molar-refractivity contribution in [2.24, 2.45) is 5.92 Å². The van der Waals surface area contributed by atoms with Crippen molar-refractivity contribution < 1.29 is 39.8 Å². The first-order valence-electron chi connectivity index (χ1n) is 13.7. The molecule has 1 aromatic carbocycles. The number of carbonyl (C=O) groups excluding carboxylic acids is 1. The molecule has 5 rings (SSSR count). The van der Waals surface area contributed by atoms with E-state index >= 15 is 0 Å². The SMILES string of the molecule is BC(B)(O)C(O)(O[C@H]1CC[C@@H](C(=O)N2Cc3cccnc3Nc3ccc(N4CCOCC4)cc32)CC1)C(O)(O)O. The number of hydrogen-bond donors (Lipinski definition) is 6. The number of aliphatic hydroxyl groups is 5. The Morgan fingerprint density at radius 3 is 2.40 bits per heavy atom. The van der Waals surface area contributed by atoms with Crippen LogP contribution in [0.2, 0.25) is 0 Å². The van der Waals surface area contributed by atoms with Gasteiger partial charge in [0.2, 0.25) is 5.91 Å². The Morgan fingerprint density at radius 2 is 1.75 bits per heavy atom. The van der Waals surface area contributed by atoms with E-state index in [4.69, 9.17) is 9.47 Å². The first-order valence-corrected chi connectivity index (χ1v) is 13.7. The zero-order valence-corrected chi connectivity index (χ0v) is 22.8. The lowest BCUT2D eigenvalue weighted by atomic mass is 9.59. The number of ether oxygens (including phenoxy) is 2. The molecular formula is C26H36B2N4O8. The number of fused-ring (bicyclic) bond motifs is 2. The van der Waals surface area contributed by atoms with Gasteiger partial charge in [-0.25, -0.2) is 4.98 Å². The number of hydrogen-bond acceptors (Lipinski definition) is 11. The lowest BCUT2D eigenvalue weighted by Gasteiger charge is -2.46. The largest absolute Gasteiger partial charge is 0.402 e. The van der Waals surface area contributed by atoms with Crippen molar-refractivity contribution >= 4 is 44.5 Å². The monoisotopic (exact) mass is 554 g/mol. The fourth-order valence-electron chi connectivity index (χ4n) is 5.65. The molecule has 2 aromatic rings. The highest BCUT2D eigenvalue weighted by atomic mass is 16.8. The van der Waals surface area contributed by atoms with Gasteiger partial charge in [-0.3, -0.25) is 4.79 Å². The van der Waals surface area contributed by atoms with E-state index in [1.54, 1.807) is 11.1 Å². The summed E-state index contributed by atoms with van der Waals surface area (Å²) in [6.07, 6.45) is 2.40. The van der Waals surface area contributed by atoms with Crippen molar-refractivity contribution in [3.63, 3.8) is 0 Å². The summed E-state index contributed by atoms with van der Waals surface area (Å²) in [6.45, 7) is 3.15. The molecule has 1 aromatic heterocycles. The minimum absolute atomic E-state index is 0.0594. The number of pyridine rings is 1. The molecule has 1 amide bonds. The van der Waals surface area contributed by atoms with Gasteiger partial charge in [-0.15, -0.1) is 0 Å². The first-order chi connectivity index (χ1) is 18.9. The molecule has 1 aliphatic carbocycles. The van der Waals surface area contributed by atoms with Gasteiger partial charge in [0.05, 0.1) is 42.6 Å². The molecule has 1 atom stereocenters. The second-order valence-corrected chi connectivity index (χ2v) is 11.3. The molecule has 40 heavy (non-hydrogen) atoms. The van der Waals surface area contributed by atoms with Crippen molar-refractivity contribution in [3.8, 4) is 0 Å². The Bertz CT molecular complexity index is 1210. The summed E-state index contributed by atoms with van der Waals surface area (Å²) in [5, 5.41) is 51.3. The summed E-state index contributed by atoms with van der Waals surface area (Å²) in [7, 11) is 2.20. The van der Waals surface area contributed by atoms with E-state index in [2.05, 4.69) is 15.2 Å². The second kappa shape index (κ2) is 10.9. The van der Waals surface area contributed by atoms with Crippen LogP contribution in [0.5, 0.6) is 0 Å². The number of morpholine rings is 1. The third-order valence-corrected chi connectivity index (χ3v) is 8.03. The van der Waals surface area contributed by atoms with Crippen molar-refractivity contribution in [1.29, 1.82) is 0 Å². The molecule has 0 radical (unpaired) electrons. The topological polar surface area (TPSA) is 168 Å². The summed E-state index contributed by atoms with van der Waals surface area (Å²) in [6, 6.07) is 9.81. The number of rotatable bonds is 6. The van der Waals surface area contributed by atoms with Crippen LogP contribution in [0.15, 0.2) is 36.5 Å². The smallest absolute Gasteiger partial charge is 0.334 e. The quantitative estimate of drug-likeness (QED) is 0.178. The van der Waals surface area contributed by atoms with Crippen LogP contribution in [-0.2, 0) is 20.8 Å². The molecule has 2 fully saturated rings. The van der Waals surface area contributed by atoms with Crippen molar-refractivity contribution in [2.45, 2.75) is 55.5 Å². The third kappa shape index (κ3) is 5.57. The number of nitrogens with zero attached hydrogens (tertiary/aromatic N) is 3. The minimum Gasteiger partial charge on any atom is -0.402 e. The lowest BCUT2D eigenvalue weighted by Crippen LogP contribution is -2.71. The molecule has 6 N–H and O–H groups in total. The van der Waals surface area contributed by atoms with Gasteiger partial charge in [-0.05, 0) is 49.9 Å². The van der Waals surface area contributed by atoms with Crippen LogP contribution in [0.1, 0.15) is 31.2 Å². The molecule has 2 aliphatic heterocycles. The van der Waals surface area contributed by atoms with Crippen LogP contribution < -0.4 is 15.1 Å². The van der Waals surface area contributed by atoms with Crippen molar-refractivity contribution in [2.75, 3.05) is 41.4 Å². The maximum absolute atomic E-state index is 14.1. The maximum Gasteiger partial charge on any atom is 0.334 e. The Labute approximate surface area is 234 Å². The summed E-state index contributed by atoms with van der Waals surface area (Å²) >= 11 is 0. The standard InChI is InChI=1S/C26H36B2N4O8/c27-25(28,35)24(34,26(36,37)38)40-19-6-3-16(4-7-19)23(33)32-15-17-2-1-9-29-22(17)30-20-8-5-18(14-21(20)32)31-10-12-39-13-11-31/h1-2,5,8-9,14,16,19,34-38H,3-4,6-7,10-13,15,27-28H2,(H,29,30)/t16-,19+,24?. The molecule has 12 nitrogen and oxygen atoms in total. The highest BCUT2D eigenvalue weighted by Crippen LogP contribution is 2.41. The van der Waals surface area contributed by atoms with Gasteiger partial charge in [0.1, 0.15) is 21.5 Å². The Morgan fingerprint density at radius 1 is 1.05 bits per heavy atom. The maximum atomic E-state index is 14.1. The molecule has 0 bridgehead atoms. The average Bonchev–Trinajstić information content (AvgIpc) is 3.08. The molecule has 1 saturated heterocycles. The molecule has 214 valence electrons. The lowest BCUT2D eigenvalue weighted by molar-refractivity contribution is -0.478. The van der Waals surface area contributed by atoms with Gasteiger partial charge in [-0.1, -0.05) is 6.07 Å². The number of anilines is 4. The summed E-state index contributed by atoms with van der Waals surface area (Å²) in [4.78, 5) is 22.6. The molecule has 1 saturated carbocycles. The van der Waals surface area contributed by atoms with Gasteiger partial charge >= 0.3 is 5.97 Å². The van der Waals surface area contributed by atoms with Crippen LogP contribution in [0.4, 0.5) is 22.9 Å². The number of aromatic nitrogens is 1. The Kier molecular flexibility index (Phi) is 7.87. The zero-order valence-electron chi connectivity index (χ0n) is 22.8. The van der Waals surface area contributed by atoms with Crippen LogP contribution >= 0.6 is 0 Å². The Hall–Kier alpha value is -2.71. The van der Waals surface area contributed by atoms with E-state index in [9.17, 15) is 30.3 Å². The number of amides is 1. The number of carbonyl (C=O) groups is 1. The van der Waals surface area contributed by atoms with E-state index in [0.717, 1.165) is 51.4 Å². The van der Waals surface area contributed by atoms with Crippen molar-refractivity contribution in [1.82, 2.24) is 4.98 Å². The van der Waals surface area contributed by atoms with Crippen molar-refractivity contribution in [3.05, 3.63) is 42.1 Å². The van der Waals surface area contributed by atoms with E-state index in [-0.39, 0.29) is 11.8 Å². The van der Waals surface area contributed by atoms with Gasteiger partial charge < -0.3 is 50.1 Å². The molecule has 0 spiro atoms. The highest BCUT2D eigenvalue weighted by Gasteiger charge is 2.60. The zero-order chi connectivity index (χ0) is 28.7. The predicted molar refractivity (Wildman–Crippen MR) is 151 cm³/mol. The predicted octanol–water partition coefficient (Wildman–Crippen LogP) is -1.68. The highest BCUT2D eigenvalue weighted by molar-refractivity contribution is 6.39. The summed E-state index contributed by atoms with van der Waals surface area (Å²) < 4.78 is 11.0. The Balaban J connectivity index is 1.37. The minimum atomic E-state index is -3.69. The molecule has 14 heteroatoms. The first kappa shape index (κ1) is 28.8. The fraction of sp³-hybridized carbons (Fsp3) is 0.538. The summed E-state index contributed by atoms with van der Waals surface area (Å²) in [5.74, 6) is -6.46. The number of nitrogens with one attached hydrogen (secondary N) is 1. The number of benzene rings is 1. The van der Waals surface area contributed by atoms with Crippen LogP contribution in [0, 0.1) is 5.92 Å². The van der Waals surface area contributed by atoms with Crippen LogP contribution in [0.3, 0.4) is 0 Å².